The molecule has 4 heterocycles. The van der Waals surface area contributed by atoms with Crippen molar-refractivity contribution in [2.24, 2.45) is 0 Å². The smallest absolute Gasteiger partial charge is 0.155 e. The molecule has 6 heteroatoms. The summed E-state index contributed by atoms with van der Waals surface area (Å²) in [5.74, 6) is 0.632. The lowest BCUT2D eigenvalue weighted by Crippen LogP contribution is -1.93. The van der Waals surface area contributed by atoms with E-state index in [0.29, 0.717) is 5.92 Å². The molecule has 0 amide bonds. The molecule has 1 aliphatic rings. The SMILES string of the molecule is c1cc(-c2[nH]cnc2-c2ccc3ncnn3c2)nc(C2CC2)c1. The van der Waals surface area contributed by atoms with Gasteiger partial charge in [-0.05, 0) is 37.1 Å². The van der Waals surface area contributed by atoms with Crippen molar-refractivity contribution in [1.82, 2.24) is 29.5 Å². The molecule has 6 nitrogen and oxygen atoms in total. The van der Waals surface area contributed by atoms with Crippen LogP contribution in [0.3, 0.4) is 0 Å². The summed E-state index contributed by atoms with van der Waals surface area (Å²) >= 11 is 0. The number of fused-ring (bicyclic) bond motifs is 1. The Bertz CT molecular complexity index is 995. The number of H-pyrrole nitrogens is 1. The first-order valence-electron chi connectivity index (χ1n) is 7.69. The predicted molar refractivity (Wildman–Crippen MR) is 85.8 cm³/mol. The first-order chi connectivity index (χ1) is 11.4. The van der Waals surface area contributed by atoms with Crippen LogP contribution in [0.15, 0.2) is 49.2 Å². The number of rotatable bonds is 3. The van der Waals surface area contributed by atoms with Crippen LogP contribution in [0.2, 0.25) is 0 Å². The number of aromatic nitrogens is 6. The first-order valence-corrected chi connectivity index (χ1v) is 7.69. The fourth-order valence-corrected chi connectivity index (χ4v) is 2.86. The summed E-state index contributed by atoms with van der Waals surface area (Å²) in [6.07, 6.45) is 7.68. The predicted octanol–water partition coefficient (Wildman–Crippen LogP) is 3.06. The molecule has 4 aromatic rings. The minimum atomic E-state index is 0.632. The molecule has 5 rings (SSSR count). The molecule has 1 aliphatic carbocycles. The number of aromatic amines is 1. The molecule has 1 N–H and O–H groups in total. The van der Waals surface area contributed by atoms with Crippen LogP contribution >= 0.6 is 0 Å². The molecule has 0 bridgehead atoms. The van der Waals surface area contributed by atoms with E-state index in [9.17, 15) is 0 Å². The number of nitrogens with one attached hydrogen (secondary N) is 1. The van der Waals surface area contributed by atoms with E-state index in [1.807, 2.05) is 24.4 Å². The molecule has 0 radical (unpaired) electrons. The highest BCUT2D eigenvalue weighted by molar-refractivity contribution is 5.76. The Kier molecular flexibility index (Phi) is 2.58. The molecule has 4 aromatic heterocycles. The van der Waals surface area contributed by atoms with E-state index in [1.54, 1.807) is 17.2 Å². The zero-order valence-corrected chi connectivity index (χ0v) is 12.3. The Morgan fingerprint density at radius 1 is 1.09 bits per heavy atom. The molecule has 23 heavy (non-hydrogen) atoms. The van der Waals surface area contributed by atoms with Crippen molar-refractivity contribution >= 4 is 5.65 Å². The highest BCUT2D eigenvalue weighted by Gasteiger charge is 2.25. The molecule has 0 aliphatic heterocycles. The standard InChI is InChI=1S/C17H14N6/c1-2-13(11-4-5-11)22-14(3-1)17-16(19-9-20-17)12-6-7-15-18-10-21-23(15)8-12/h1-3,6-11H,4-5H2,(H,19,20). The molecule has 1 saturated carbocycles. The molecule has 112 valence electrons. The molecule has 0 aromatic carbocycles. The Morgan fingerprint density at radius 2 is 2.04 bits per heavy atom. The van der Waals surface area contributed by atoms with Crippen molar-refractivity contribution in [1.29, 1.82) is 0 Å². The summed E-state index contributed by atoms with van der Waals surface area (Å²) in [5, 5.41) is 4.19. The van der Waals surface area contributed by atoms with E-state index < -0.39 is 0 Å². The average molecular weight is 302 g/mol. The maximum absolute atomic E-state index is 4.81. The van der Waals surface area contributed by atoms with Crippen molar-refractivity contribution in [3.8, 4) is 22.6 Å². The van der Waals surface area contributed by atoms with Crippen LogP contribution in [0, 0.1) is 0 Å². The minimum Gasteiger partial charge on any atom is -0.343 e. The van der Waals surface area contributed by atoms with E-state index in [2.05, 4.69) is 32.2 Å². The Morgan fingerprint density at radius 3 is 2.96 bits per heavy atom. The quantitative estimate of drug-likeness (QED) is 0.631. The number of hydrogen-bond acceptors (Lipinski definition) is 4. The monoisotopic (exact) mass is 302 g/mol. The minimum absolute atomic E-state index is 0.632. The lowest BCUT2D eigenvalue weighted by molar-refractivity contribution is 0.962. The fraction of sp³-hybridized carbons (Fsp3) is 0.176. The van der Waals surface area contributed by atoms with E-state index in [-0.39, 0.29) is 0 Å². The third-order valence-corrected chi connectivity index (χ3v) is 4.21. The van der Waals surface area contributed by atoms with Crippen molar-refractivity contribution in [2.45, 2.75) is 18.8 Å². The maximum atomic E-state index is 4.81. The van der Waals surface area contributed by atoms with Crippen LogP contribution < -0.4 is 0 Å². The number of nitrogens with zero attached hydrogens (tertiary/aromatic N) is 5. The zero-order chi connectivity index (χ0) is 15.2. The Labute approximate surface area is 132 Å². The van der Waals surface area contributed by atoms with Gasteiger partial charge in [-0.15, -0.1) is 0 Å². The Hall–Kier alpha value is -3.02. The summed E-state index contributed by atoms with van der Waals surface area (Å²) in [6, 6.07) is 10.2. The molecule has 0 spiro atoms. The third-order valence-electron chi connectivity index (χ3n) is 4.21. The number of pyridine rings is 2. The molecule has 0 saturated heterocycles. The summed E-state index contributed by atoms with van der Waals surface area (Å²) in [6.45, 7) is 0. The maximum Gasteiger partial charge on any atom is 0.155 e. The lowest BCUT2D eigenvalue weighted by Gasteiger charge is -2.05. The van der Waals surface area contributed by atoms with E-state index in [1.165, 1.54) is 18.5 Å². The molecule has 0 atom stereocenters. The van der Waals surface area contributed by atoms with Crippen LogP contribution in [-0.4, -0.2) is 29.5 Å². The molecular formula is C17H14N6. The zero-order valence-electron chi connectivity index (χ0n) is 12.3. The summed E-state index contributed by atoms with van der Waals surface area (Å²) in [4.78, 5) is 16.7. The second kappa shape index (κ2) is 4.74. The molecule has 1 fully saturated rings. The van der Waals surface area contributed by atoms with Gasteiger partial charge >= 0.3 is 0 Å². The highest BCUT2D eigenvalue weighted by Crippen LogP contribution is 2.39. The summed E-state index contributed by atoms with van der Waals surface area (Å²) in [7, 11) is 0. The van der Waals surface area contributed by atoms with Gasteiger partial charge in [0.1, 0.15) is 6.33 Å². The van der Waals surface area contributed by atoms with E-state index >= 15 is 0 Å². The van der Waals surface area contributed by atoms with Gasteiger partial charge in [0.25, 0.3) is 0 Å². The third kappa shape index (κ3) is 2.11. The summed E-state index contributed by atoms with van der Waals surface area (Å²) in [5.41, 5.74) is 5.72. The second-order valence-electron chi connectivity index (χ2n) is 5.83. The van der Waals surface area contributed by atoms with Crippen molar-refractivity contribution in [2.75, 3.05) is 0 Å². The normalized spacial score (nSPS) is 14.4. The van der Waals surface area contributed by atoms with Gasteiger partial charge in [0.15, 0.2) is 5.65 Å². The lowest BCUT2D eigenvalue weighted by atomic mass is 10.1. The van der Waals surface area contributed by atoms with Crippen molar-refractivity contribution in [3.63, 3.8) is 0 Å². The molecule has 0 unspecified atom stereocenters. The van der Waals surface area contributed by atoms with Gasteiger partial charge in [-0.3, -0.25) is 4.98 Å². The van der Waals surface area contributed by atoms with Gasteiger partial charge in [-0.25, -0.2) is 14.5 Å². The van der Waals surface area contributed by atoms with Gasteiger partial charge in [-0.1, -0.05) is 6.07 Å². The average Bonchev–Trinajstić information content (AvgIpc) is 3.14. The van der Waals surface area contributed by atoms with Crippen LogP contribution in [0.5, 0.6) is 0 Å². The van der Waals surface area contributed by atoms with Gasteiger partial charge in [0, 0.05) is 23.4 Å². The first kappa shape index (κ1) is 12.5. The second-order valence-corrected chi connectivity index (χ2v) is 5.83. The fourth-order valence-electron chi connectivity index (χ4n) is 2.86. The van der Waals surface area contributed by atoms with Gasteiger partial charge in [-0.2, -0.15) is 5.10 Å². The van der Waals surface area contributed by atoms with Crippen molar-refractivity contribution < 1.29 is 0 Å². The van der Waals surface area contributed by atoms with Crippen molar-refractivity contribution in [3.05, 3.63) is 54.9 Å². The van der Waals surface area contributed by atoms with E-state index in [4.69, 9.17) is 4.98 Å². The van der Waals surface area contributed by atoms with Crippen LogP contribution in [0.1, 0.15) is 24.5 Å². The van der Waals surface area contributed by atoms with Gasteiger partial charge in [0.05, 0.1) is 23.4 Å². The highest BCUT2D eigenvalue weighted by atomic mass is 15.3. The summed E-state index contributed by atoms with van der Waals surface area (Å²) < 4.78 is 1.75. The number of hydrogen-bond donors (Lipinski definition) is 1. The van der Waals surface area contributed by atoms with Crippen LogP contribution in [0.25, 0.3) is 28.3 Å². The number of imidazole rings is 1. The topological polar surface area (TPSA) is 71.8 Å². The largest absolute Gasteiger partial charge is 0.343 e. The van der Waals surface area contributed by atoms with Gasteiger partial charge < -0.3 is 4.98 Å². The van der Waals surface area contributed by atoms with Crippen LogP contribution in [-0.2, 0) is 0 Å². The van der Waals surface area contributed by atoms with Gasteiger partial charge in [0.2, 0.25) is 0 Å². The van der Waals surface area contributed by atoms with Crippen LogP contribution in [0.4, 0.5) is 0 Å². The van der Waals surface area contributed by atoms with E-state index in [0.717, 1.165) is 28.3 Å². The Balaban J connectivity index is 1.62. The molecular weight excluding hydrogens is 288 g/mol.